The van der Waals surface area contributed by atoms with Gasteiger partial charge in [0.05, 0.1) is 15.7 Å². The first-order valence-electron chi connectivity index (χ1n) is 7.55. The zero-order valence-corrected chi connectivity index (χ0v) is 15.6. The predicted molar refractivity (Wildman–Crippen MR) is 103 cm³/mol. The maximum atomic E-state index is 12.4. The second-order valence-electron chi connectivity index (χ2n) is 6.59. The molecule has 0 bridgehead atoms. The number of nitrogens with two attached hydrogens (primary N) is 1. The summed E-state index contributed by atoms with van der Waals surface area (Å²) in [7, 11) is 0. The summed E-state index contributed by atoms with van der Waals surface area (Å²) in [6, 6.07) is 9.69. The number of nitrogens with one attached hydrogen (secondary N) is 2. The van der Waals surface area contributed by atoms with E-state index in [1.54, 1.807) is 24.3 Å². The smallest absolute Gasteiger partial charge is 0.255 e. The molecule has 2 aromatic carbocycles. The van der Waals surface area contributed by atoms with Crippen molar-refractivity contribution in [1.29, 1.82) is 0 Å². The van der Waals surface area contributed by atoms with Gasteiger partial charge in [-0.25, -0.2) is 0 Å². The van der Waals surface area contributed by atoms with Gasteiger partial charge >= 0.3 is 0 Å². The molecule has 0 spiro atoms. The number of hydrogen-bond donors (Lipinski definition) is 3. The van der Waals surface area contributed by atoms with Gasteiger partial charge in [0, 0.05) is 22.4 Å². The molecule has 0 aliphatic carbocycles. The van der Waals surface area contributed by atoms with Crippen LogP contribution in [0.5, 0.6) is 0 Å². The van der Waals surface area contributed by atoms with Crippen LogP contribution in [0.2, 0.25) is 10.0 Å². The Morgan fingerprint density at radius 2 is 1.56 bits per heavy atom. The van der Waals surface area contributed by atoms with Crippen LogP contribution in [-0.2, 0) is 4.79 Å². The third-order valence-corrected chi connectivity index (χ3v) is 4.03. The molecule has 2 rings (SSSR count). The van der Waals surface area contributed by atoms with Gasteiger partial charge in [-0.05, 0) is 30.3 Å². The van der Waals surface area contributed by atoms with Gasteiger partial charge < -0.3 is 16.4 Å². The molecule has 0 heterocycles. The fraction of sp³-hybridized carbons (Fsp3) is 0.222. The molecule has 0 fully saturated rings. The van der Waals surface area contributed by atoms with Crippen LogP contribution in [0, 0.1) is 5.41 Å². The Morgan fingerprint density at radius 3 is 2.12 bits per heavy atom. The summed E-state index contributed by atoms with van der Waals surface area (Å²) in [6.07, 6.45) is 0. The molecule has 0 radical (unpaired) electrons. The third kappa shape index (κ3) is 4.87. The van der Waals surface area contributed by atoms with Gasteiger partial charge in [0.15, 0.2) is 0 Å². The molecule has 0 unspecified atom stereocenters. The number of carbonyl (C=O) groups excluding carboxylic acids is 2. The van der Waals surface area contributed by atoms with E-state index in [-0.39, 0.29) is 27.5 Å². The molecule has 0 atom stereocenters. The zero-order valence-electron chi connectivity index (χ0n) is 14.1. The number of carbonyl (C=O) groups is 2. The molecule has 0 saturated heterocycles. The van der Waals surface area contributed by atoms with Gasteiger partial charge in [-0.3, -0.25) is 9.59 Å². The summed E-state index contributed by atoms with van der Waals surface area (Å²) < 4.78 is 0. The van der Waals surface area contributed by atoms with Crippen LogP contribution in [0.4, 0.5) is 17.1 Å². The van der Waals surface area contributed by atoms with Crippen molar-refractivity contribution in [2.75, 3.05) is 16.4 Å². The van der Waals surface area contributed by atoms with Crippen molar-refractivity contribution in [3.8, 4) is 0 Å². The molecular formula is C18H19Cl2N3O2. The summed E-state index contributed by atoms with van der Waals surface area (Å²) in [5, 5.41) is 6.01. The number of halogens is 2. The standard InChI is InChI=1S/C18H19Cl2N3O2/c1-18(2,3)17(25)23-11-6-4-5-10(7-11)16(24)22-12-8-13(19)15(21)14(20)9-12/h4-9H,21H2,1-3H3,(H,22,24)(H,23,25). The fourth-order valence-corrected chi connectivity index (χ4v) is 2.40. The summed E-state index contributed by atoms with van der Waals surface area (Å²) in [4.78, 5) is 24.5. The molecule has 5 nitrogen and oxygen atoms in total. The molecule has 4 N–H and O–H groups in total. The van der Waals surface area contributed by atoms with Crippen molar-refractivity contribution in [3.63, 3.8) is 0 Å². The number of anilines is 3. The number of benzene rings is 2. The monoisotopic (exact) mass is 379 g/mol. The molecule has 7 heteroatoms. The molecule has 0 aromatic heterocycles. The van der Waals surface area contributed by atoms with Crippen LogP contribution in [0.1, 0.15) is 31.1 Å². The van der Waals surface area contributed by atoms with E-state index in [0.717, 1.165) is 0 Å². The predicted octanol–water partition coefficient (Wildman–Crippen LogP) is 4.81. The van der Waals surface area contributed by atoms with E-state index in [4.69, 9.17) is 28.9 Å². The minimum absolute atomic E-state index is 0.137. The van der Waals surface area contributed by atoms with Crippen LogP contribution < -0.4 is 16.4 Å². The maximum absolute atomic E-state index is 12.4. The van der Waals surface area contributed by atoms with Crippen molar-refractivity contribution in [2.24, 2.45) is 5.41 Å². The minimum Gasteiger partial charge on any atom is -0.396 e. The highest BCUT2D eigenvalue weighted by Crippen LogP contribution is 2.31. The van der Waals surface area contributed by atoms with Crippen molar-refractivity contribution in [1.82, 2.24) is 0 Å². The quantitative estimate of drug-likeness (QED) is 0.668. The molecule has 0 saturated carbocycles. The Balaban J connectivity index is 2.18. The van der Waals surface area contributed by atoms with E-state index >= 15 is 0 Å². The van der Waals surface area contributed by atoms with Gasteiger partial charge in [-0.15, -0.1) is 0 Å². The van der Waals surface area contributed by atoms with Crippen LogP contribution in [0.15, 0.2) is 36.4 Å². The first-order chi connectivity index (χ1) is 11.6. The van der Waals surface area contributed by atoms with Gasteiger partial charge in [0.2, 0.25) is 5.91 Å². The van der Waals surface area contributed by atoms with Gasteiger partial charge in [0.25, 0.3) is 5.91 Å². The van der Waals surface area contributed by atoms with E-state index in [1.807, 2.05) is 20.8 Å². The Kier molecular flexibility index (Phi) is 5.60. The second kappa shape index (κ2) is 7.33. The molecule has 0 aliphatic heterocycles. The Hall–Kier alpha value is -2.24. The average Bonchev–Trinajstić information content (AvgIpc) is 2.51. The number of hydrogen-bond acceptors (Lipinski definition) is 3. The number of amides is 2. The van der Waals surface area contributed by atoms with Crippen molar-refractivity contribution >= 4 is 52.1 Å². The zero-order chi connectivity index (χ0) is 18.8. The third-order valence-electron chi connectivity index (χ3n) is 3.40. The van der Waals surface area contributed by atoms with Crippen LogP contribution >= 0.6 is 23.2 Å². The molecule has 2 amide bonds. The van der Waals surface area contributed by atoms with E-state index in [1.165, 1.54) is 12.1 Å². The number of rotatable bonds is 3. The SMILES string of the molecule is CC(C)(C)C(=O)Nc1cccc(C(=O)Nc2cc(Cl)c(N)c(Cl)c2)c1. The van der Waals surface area contributed by atoms with E-state index < -0.39 is 5.41 Å². The normalized spacial score (nSPS) is 11.1. The topological polar surface area (TPSA) is 84.2 Å². The summed E-state index contributed by atoms with van der Waals surface area (Å²) >= 11 is 11.9. The molecule has 25 heavy (non-hydrogen) atoms. The highest BCUT2D eigenvalue weighted by Gasteiger charge is 2.21. The lowest BCUT2D eigenvalue weighted by molar-refractivity contribution is -0.123. The first-order valence-corrected chi connectivity index (χ1v) is 8.31. The molecular weight excluding hydrogens is 361 g/mol. The highest BCUT2D eigenvalue weighted by molar-refractivity contribution is 6.39. The van der Waals surface area contributed by atoms with Gasteiger partial charge in [-0.1, -0.05) is 50.0 Å². The molecule has 2 aromatic rings. The second-order valence-corrected chi connectivity index (χ2v) is 7.41. The largest absolute Gasteiger partial charge is 0.396 e. The maximum Gasteiger partial charge on any atom is 0.255 e. The molecule has 0 aliphatic rings. The fourth-order valence-electron chi connectivity index (χ4n) is 1.92. The molecule has 132 valence electrons. The van der Waals surface area contributed by atoms with Crippen molar-refractivity contribution in [2.45, 2.75) is 20.8 Å². The van der Waals surface area contributed by atoms with E-state index in [9.17, 15) is 9.59 Å². The Labute approximate surface area is 156 Å². The highest BCUT2D eigenvalue weighted by atomic mass is 35.5. The van der Waals surface area contributed by atoms with Crippen LogP contribution in [0.25, 0.3) is 0 Å². The van der Waals surface area contributed by atoms with Gasteiger partial charge in [-0.2, -0.15) is 0 Å². The minimum atomic E-state index is -0.532. The lowest BCUT2D eigenvalue weighted by Gasteiger charge is -2.18. The van der Waals surface area contributed by atoms with Crippen molar-refractivity contribution < 1.29 is 9.59 Å². The van der Waals surface area contributed by atoms with Gasteiger partial charge in [0.1, 0.15) is 0 Å². The Bertz CT molecular complexity index is 806. The van der Waals surface area contributed by atoms with Crippen LogP contribution in [0.3, 0.4) is 0 Å². The lowest BCUT2D eigenvalue weighted by Crippen LogP contribution is -2.27. The summed E-state index contributed by atoms with van der Waals surface area (Å²) in [5.41, 5.74) is 6.76. The first kappa shape index (κ1) is 19.1. The summed E-state index contributed by atoms with van der Waals surface area (Å²) in [5.74, 6) is -0.495. The van der Waals surface area contributed by atoms with E-state index in [0.29, 0.717) is 16.9 Å². The average molecular weight is 380 g/mol. The van der Waals surface area contributed by atoms with Crippen molar-refractivity contribution in [3.05, 3.63) is 52.0 Å². The van der Waals surface area contributed by atoms with E-state index in [2.05, 4.69) is 10.6 Å². The van der Waals surface area contributed by atoms with Crippen LogP contribution in [-0.4, -0.2) is 11.8 Å². The lowest BCUT2D eigenvalue weighted by atomic mass is 9.95. The summed E-state index contributed by atoms with van der Waals surface area (Å²) in [6.45, 7) is 5.44. The Morgan fingerprint density at radius 1 is 0.960 bits per heavy atom. The number of nitrogen functional groups attached to an aromatic ring is 1.